The number of fused-ring (bicyclic) bond motifs is 3. The second kappa shape index (κ2) is 5.53. The molecule has 3 heteroatoms. The highest BCUT2D eigenvalue weighted by Gasteiger charge is 2.25. The lowest BCUT2D eigenvalue weighted by atomic mass is 9.90. The van der Waals surface area contributed by atoms with Gasteiger partial charge in [0.2, 0.25) is 0 Å². The normalized spacial score (nSPS) is 20.4. The Morgan fingerprint density at radius 2 is 2.10 bits per heavy atom. The topological polar surface area (TPSA) is 27.8 Å². The third-order valence-corrected chi connectivity index (χ3v) is 5.13. The van der Waals surface area contributed by atoms with Gasteiger partial charge in [0.05, 0.1) is 0 Å². The SMILES string of the molecule is CC(C)C(C)NC1CCCc2c1[nH]c1ccc(Br)cc21. The minimum absolute atomic E-state index is 0.474. The number of benzene rings is 1. The van der Waals surface area contributed by atoms with E-state index in [1.165, 1.54) is 41.4 Å². The van der Waals surface area contributed by atoms with Gasteiger partial charge >= 0.3 is 0 Å². The molecule has 2 unspecified atom stereocenters. The van der Waals surface area contributed by atoms with Crippen LogP contribution in [-0.2, 0) is 6.42 Å². The highest BCUT2D eigenvalue weighted by atomic mass is 79.9. The van der Waals surface area contributed by atoms with Crippen LogP contribution in [0.1, 0.15) is 50.9 Å². The van der Waals surface area contributed by atoms with Gasteiger partial charge in [0.15, 0.2) is 0 Å². The molecule has 2 nitrogen and oxygen atoms in total. The van der Waals surface area contributed by atoms with Crippen molar-refractivity contribution < 1.29 is 0 Å². The summed E-state index contributed by atoms with van der Waals surface area (Å²) >= 11 is 3.59. The van der Waals surface area contributed by atoms with Gasteiger partial charge in [-0.2, -0.15) is 0 Å². The number of H-pyrrole nitrogens is 1. The number of aromatic nitrogens is 1. The minimum atomic E-state index is 0.474. The molecule has 1 aliphatic rings. The predicted octanol–water partition coefficient (Wildman–Crippen LogP) is 4.94. The molecule has 0 saturated carbocycles. The number of aryl methyl sites for hydroxylation is 1. The maximum absolute atomic E-state index is 3.81. The molecular formula is C17H23BrN2. The Morgan fingerprint density at radius 3 is 2.85 bits per heavy atom. The molecule has 2 N–H and O–H groups in total. The summed E-state index contributed by atoms with van der Waals surface area (Å²) in [6.45, 7) is 6.85. The van der Waals surface area contributed by atoms with Gasteiger partial charge in [0.25, 0.3) is 0 Å². The van der Waals surface area contributed by atoms with Gasteiger partial charge in [0, 0.05) is 33.2 Å². The summed E-state index contributed by atoms with van der Waals surface area (Å²) in [5.41, 5.74) is 4.20. The summed E-state index contributed by atoms with van der Waals surface area (Å²) in [4.78, 5) is 3.65. The smallest absolute Gasteiger partial charge is 0.0478 e. The zero-order valence-corrected chi connectivity index (χ0v) is 14.0. The first-order chi connectivity index (χ1) is 9.56. The van der Waals surface area contributed by atoms with Crippen molar-refractivity contribution in [2.75, 3.05) is 0 Å². The third kappa shape index (κ3) is 2.53. The Hall–Kier alpha value is -0.800. The fraction of sp³-hybridized carbons (Fsp3) is 0.529. The van der Waals surface area contributed by atoms with Crippen LogP contribution in [0.25, 0.3) is 10.9 Å². The Labute approximate surface area is 129 Å². The van der Waals surface area contributed by atoms with Crippen LogP contribution in [0, 0.1) is 5.92 Å². The van der Waals surface area contributed by atoms with E-state index in [2.05, 4.69) is 65.2 Å². The Balaban J connectivity index is 1.98. The fourth-order valence-electron chi connectivity index (χ4n) is 3.11. The van der Waals surface area contributed by atoms with Gasteiger partial charge in [-0.1, -0.05) is 29.8 Å². The van der Waals surface area contributed by atoms with Crippen LogP contribution in [0.5, 0.6) is 0 Å². The summed E-state index contributed by atoms with van der Waals surface area (Å²) in [5.74, 6) is 0.666. The number of hydrogen-bond donors (Lipinski definition) is 2. The summed E-state index contributed by atoms with van der Waals surface area (Å²) in [6.07, 6.45) is 3.70. The average Bonchev–Trinajstić information content (AvgIpc) is 2.78. The lowest BCUT2D eigenvalue weighted by Crippen LogP contribution is -2.36. The predicted molar refractivity (Wildman–Crippen MR) is 89.1 cm³/mol. The van der Waals surface area contributed by atoms with Crippen molar-refractivity contribution in [3.8, 4) is 0 Å². The Morgan fingerprint density at radius 1 is 1.30 bits per heavy atom. The van der Waals surface area contributed by atoms with E-state index in [1.807, 2.05) is 0 Å². The molecule has 108 valence electrons. The van der Waals surface area contributed by atoms with Gasteiger partial charge < -0.3 is 10.3 Å². The maximum atomic E-state index is 3.81. The van der Waals surface area contributed by atoms with Crippen LogP contribution >= 0.6 is 15.9 Å². The van der Waals surface area contributed by atoms with Crippen LogP contribution in [0.2, 0.25) is 0 Å². The average molecular weight is 335 g/mol. The maximum Gasteiger partial charge on any atom is 0.0478 e. The molecule has 3 rings (SSSR count). The van der Waals surface area contributed by atoms with Crippen molar-refractivity contribution in [3.63, 3.8) is 0 Å². The van der Waals surface area contributed by atoms with Gasteiger partial charge in [-0.05, 0) is 55.9 Å². The van der Waals surface area contributed by atoms with Gasteiger partial charge in [-0.25, -0.2) is 0 Å². The number of hydrogen-bond acceptors (Lipinski definition) is 1. The molecule has 2 aromatic rings. The zero-order valence-electron chi connectivity index (χ0n) is 12.5. The molecule has 1 heterocycles. The number of halogens is 1. The van der Waals surface area contributed by atoms with Crippen LogP contribution in [0.4, 0.5) is 0 Å². The zero-order chi connectivity index (χ0) is 14.3. The second-order valence-corrected chi connectivity index (χ2v) is 7.27. The Bertz CT molecular complexity index is 615. The quantitative estimate of drug-likeness (QED) is 0.817. The lowest BCUT2D eigenvalue weighted by Gasteiger charge is -2.29. The highest BCUT2D eigenvalue weighted by Crippen LogP contribution is 2.36. The molecule has 1 aliphatic carbocycles. The number of aromatic amines is 1. The summed E-state index contributed by atoms with van der Waals surface area (Å²) in [7, 11) is 0. The molecule has 0 bridgehead atoms. The van der Waals surface area contributed by atoms with Crippen LogP contribution in [0.15, 0.2) is 22.7 Å². The largest absolute Gasteiger partial charge is 0.357 e. The summed E-state index contributed by atoms with van der Waals surface area (Å²) < 4.78 is 1.16. The van der Waals surface area contributed by atoms with E-state index in [-0.39, 0.29) is 0 Å². The van der Waals surface area contributed by atoms with E-state index in [0.717, 1.165) is 4.47 Å². The molecule has 1 aromatic heterocycles. The second-order valence-electron chi connectivity index (χ2n) is 6.35. The molecule has 0 aliphatic heterocycles. The standard InChI is InChI=1S/C17H23BrN2/c1-10(2)11(3)19-16-6-4-5-13-14-9-12(18)7-8-15(14)20-17(13)16/h7-11,16,19-20H,4-6H2,1-3H3. The Kier molecular flexibility index (Phi) is 3.91. The van der Waals surface area contributed by atoms with E-state index < -0.39 is 0 Å². The highest BCUT2D eigenvalue weighted by molar-refractivity contribution is 9.10. The first-order valence-corrected chi connectivity index (χ1v) is 8.41. The fourth-order valence-corrected chi connectivity index (χ4v) is 3.47. The number of nitrogens with one attached hydrogen (secondary N) is 2. The molecule has 0 fully saturated rings. The van der Waals surface area contributed by atoms with Crippen LogP contribution in [0.3, 0.4) is 0 Å². The van der Waals surface area contributed by atoms with E-state index in [1.54, 1.807) is 0 Å². The molecule has 0 radical (unpaired) electrons. The van der Waals surface area contributed by atoms with E-state index in [9.17, 15) is 0 Å². The molecule has 20 heavy (non-hydrogen) atoms. The van der Waals surface area contributed by atoms with Crippen molar-refractivity contribution >= 4 is 26.8 Å². The van der Waals surface area contributed by atoms with Crippen molar-refractivity contribution in [1.29, 1.82) is 0 Å². The van der Waals surface area contributed by atoms with Gasteiger partial charge in [0.1, 0.15) is 0 Å². The van der Waals surface area contributed by atoms with Crippen molar-refractivity contribution in [2.24, 2.45) is 5.92 Å². The lowest BCUT2D eigenvalue weighted by molar-refractivity contribution is 0.347. The van der Waals surface area contributed by atoms with E-state index in [0.29, 0.717) is 18.0 Å². The van der Waals surface area contributed by atoms with Gasteiger partial charge in [-0.15, -0.1) is 0 Å². The van der Waals surface area contributed by atoms with E-state index in [4.69, 9.17) is 0 Å². The number of rotatable bonds is 3. The van der Waals surface area contributed by atoms with Gasteiger partial charge in [-0.3, -0.25) is 0 Å². The van der Waals surface area contributed by atoms with Crippen molar-refractivity contribution in [1.82, 2.24) is 10.3 Å². The first kappa shape index (κ1) is 14.2. The third-order valence-electron chi connectivity index (χ3n) is 4.63. The van der Waals surface area contributed by atoms with Crippen LogP contribution < -0.4 is 5.32 Å². The molecule has 0 spiro atoms. The molecule has 0 amide bonds. The van der Waals surface area contributed by atoms with Crippen molar-refractivity contribution in [3.05, 3.63) is 33.9 Å². The summed E-state index contributed by atoms with van der Waals surface area (Å²) in [5, 5.41) is 5.19. The first-order valence-electron chi connectivity index (χ1n) is 7.62. The minimum Gasteiger partial charge on any atom is -0.357 e. The monoisotopic (exact) mass is 334 g/mol. The molecule has 0 saturated heterocycles. The molecule has 2 atom stereocenters. The van der Waals surface area contributed by atoms with Crippen LogP contribution in [-0.4, -0.2) is 11.0 Å². The molecular weight excluding hydrogens is 312 g/mol. The van der Waals surface area contributed by atoms with Crippen molar-refractivity contribution in [2.45, 2.75) is 52.1 Å². The molecule has 1 aromatic carbocycles. The summed E-state index contributed by atoms with van der Waals surface area (Å²) in [6, 6.07) is 7.56. The van der Waals surface area contributed by atoms with E-state index >= 15 is 0 Å².